The van der Waals surface area contributed by atoms with Crippen LogP contribution in [0.15, 0.2) is 28.9 Å². The molecule has 19 heavy (non-hydrogen) atoms. The Labute approximate surface area is 109 Å². The van der Waals surface area contributed by atoms with Crippen molar-refractivity contribution in [3.8, 4) is 0 Å². The molecule has 0 aliphatic rings. The number of halogens is 3. The summed E-state index contributed by atoms with van der Waals surface area (Å²) in [6, 6.07) is 3.25. The summed E-state index contributed by atoms with van der Waals surface area (Å²) in [5.41, 5.74) is 0. The fourth-order valence-electron chi connectivity index (χ4n) is 1.48. The first kappa shape index (κ1) is 15.3. The summed E-state index contributed by atoms with van der Waals surface area (Å²) in [5.74, 6) is -0.238. The maximum atomic E-state index is 12.4. The highest BCUT2D eigenvalue weighted by Crippen LogP contribution is 2.17. The van der Waals surface area contributed by atoms with Crippen molar-refractivity contribution < 1.29 is 22.4 Å². The minimum Gasteiger partial charge on any atom is -0.465 e. The van der Waals surface area contributed by atoms with Gasteiger partial charge >= 0.3 is 6.18 Å². The first-order valence-electron chi connectivity index (χ1n) is 5.99. The van der Waals surface area contributed by atoms with Gasteiger partial charge in [-0.3, -0.25) is 4.79 Å². The minimum absolute atomic E-state index is 0.0946. The van der Waals surface area contributed by atoms with Crippen LogP contribution in [0, 0.1) is 0 Å². The van der Waals surface area contributed by atoms with E-state index in [1.165, 1.54) is 12.3 Å². The number of alkyl halides is 3. The molecule has 6 heteroatoms. The fraction of sp³-hybridized carbons (Fsp3) is 0.462. The van der Waals surface area contributed by atoms with Crippen molar-refractivity contribution in [2.24, 2.45) is 0 Å². The molecule has 1 rings (SSSR count). The van der Waals surface area contributed by atoms with E-state index in [4.69, 9.17) is 4.42 Å². The van der Waals surface area contributed by atoms with E-state index in [1.54, 1.807) is 12.1 Å². The van der Waals surface area contributed by atoms with E-state index in [-0.39, 0.29) is 6.54 Å². The van der Waals surface area contributed by atoms with E-state index in [2.05, 4.69) is 0 Å². The molecular formula is C13H16F3NO2. The van der Waals surface area contributed by atoms with Crippen molar-refractivity contribution in [3.05, 3.63) is 30.2 Å². The molecule has 0 bridgehead atoms. The summed E-state index contributed by atoms with van der Waals surface area (Å²) in [4.78, 5) is 12.5. The number of hydrogen-bond donors (Lipinski definition) is 0. The molecular weight excluding hydrogens is 259 g/mol. The average Bonchev–Trinajstić information content (AvgIpc) is 2.83. The molecule has 1 aromatic heterocycles. The number of unbranched alkanes of at least 4 members (excludes halogenated alkanes) is 1. The second kappa shape index (κ2) is 7.01. The molecule has 1 heterocycles. The minimum atomic E-state index is -4.39. The number of carbonyl (C=O) groups is 1. The molecule has 0 spiro atoms. The van der Waals surface area contributed by atoms with Gasteiger partial charge in [0.05, 0.1) is 6.26 Å². The predicted molar refractivity (Wildman–Crippen MR) is 65.3 cm³/mol. The summed E-state index contributed by atoms with van der Waals surface area (Å²) in [6.45, 7) is 0.723. The van der Waals surface area contributed by atoms with Crippen LogP contribution < -0.4 is 0 Å². The summed E-state index contributed by atoms with van der Waals surface area (Å²) in [7, 11) is 0. The van der Waals surface area contributed by atoms with Gasteiger partial charge in [-0.05, 0) is 24.6 Å². The van der Waals surface area contributed by atoms with Gasteiger partial charge in [0.15, 0.2) is 0 Å². The van der Waals surface area contributed by atoms with Gasteiger partial charge in [-0.2, -0.15) is 13.2 Å². The van der Waals surface area contributed by atoms with Gasteiger partial charge in [-0.25, -0.2) is 0 Å². The molecule has 0 fully saturated rings. The normalized spacial score (nSPS) is 12.0. The average molecular weight is 275 g/mol. The highest BCUT2D eigenvalue weighted by atomic mass is 19.4. The summed E-state index contributed by atoms with van der Waals surface area (Å²) >= 11 is 0. The lowest BCUT2D eigenvalue weighted by Crippen LogP contribution is -2.38. The Bertz CT molecular complexity index is 410. The van der Waals surface area contributed by atoms with Crippen LogP contribution in [0.25, 0.3) is 6.08 Å². The molecule has 0 unspecified atom stereocenters. The zero-order valence-electron chi connectivity index (χ0n) is 10.6. The molecule has 0 aromatic carbocycles. The zero-order chi connectivity index (χ0) is 14.3. The number of nitrogens with zero attached hydrogens (tertiary/aromatic N) is 1. The maximum Gasteiger partial charge on any atom is 0.406 e. The molecule has 0 saturated heterocycles. The van der Waals surface area contributed by atoms with Gasteiger partial charge < -0.3 is 9.32 Å². The molecule has 0 saturated carbocycles. The van der Waals surface area contributed by atoms with Crippen LogP contribution in [0.4, 0.5) is 13.2 Å². The SMILES string of the molecule is CCCCN(CC(F)(F)F)C(=O)/C=C/c1ccco1. The molecule has 0 aliphatic heterocycles. The van der Waals surface area contributed by atoms with Crippen LogP contribution in [-0.2, 0) is 4.79 Å². The summed E-state index contributed by atoms with van der Waals surface area (Å²) in [6.07, 6.45) is 0.758. The van der Waals surface area contributed by atoms with Crippen molar-refractivity contribution in [3.63, 3.8) is 0 Å². The van der Waals surface area contributed by atoms with E-state index in [9.17, 15) is 18.0 Å². The van der Waals surface area contributed by atoms with Gasteiger partial charge in [0, 0.05) is 12.6 Å². The van der Waals surface area contributed by atoms with Crippen molar-refractivity contribution in [2.45, 2.75) is 25.9 Å². The lowest BCUT2D eigenvalue weighted by Gasteiger charge is -2.22. The Balaban J connectivity index is 2.65. The Morgan fingerprint density at radius 3 is 2.74 bits per heavy atom. The molecule has 0 atom stereocenters. The zero-order valence-corrected chi connectivity index (χ0v) is 10.6. The Morgan fingerprint density at radius 1 is 1.47 bits per heavy atom. The monoisotopic (exact) mass is 275 g/mol. The van der Waals surface area contributed by atoms with Gasteiger partial charge in [-0.1, -0.05) is 13.3 Å². The number of hydrogen-bond acceptors (Lipinski definition) is 2. The molecule has 0 aliphatic carbocycles. The van der Waals surface area contributed by atoms with Gasteiger partial charge in [0.25, 0.3) is 0 Å². The topological polar surface area (TPSA) is 33.5 Å². The standard InChI is InChI=1S/C13H16F3NO2/c1-2-3-8-17(10-13(14,15)16)12(18)7-6-11-5-4-9-19-11/h4-7,9H,2-3,8,10H2,1H3/b7-6+. The van der Waals surface area contributed by atoms with Gasteiger partial charge in [0.2, 0.25) is 5.91 Å². The highest BCUT2D eigenvalue weighted by molar-refractivity contribution is 5.91. The maximum absolute atomic E-state index is 12.4. The fourth-order valence-corrected chi connectivity index (χ4v) is 1.48. The third-order valence-electron chi connectivity index (χ3n) is 2.40. The second-order valence-electron chi connectivity index (χ2n) is 4.08. The Kier molecular flexibility index (Phi) is 5.66. The largest absolute Gasteiger partial charge is 0.465 e. The number of carbonyl (C=O) groups excluding carboxylic acids is 1. The molecule has 0 radical (unpaired) electrons. The third-order valence-corrected chi connectivity index (χ3v) is 2.40. The summed E-state index contributed by atoms with van der Waals surface area (Å²) < 4.78 is 42.1. The molecule has 0 N–H and O–H groups in total. The van der Waals surface area contributed by atoms with Gasteiger partial charge in [0.1, 0.15) is 12.3 Å². The highest BCUT2D eigenvalue weighted by Gasteiger charge is 2.32. The summed E-state index contributed by atoms with van der Waals surface area (Å²) in [5, 5.41) is 0. The first-order valence-corrected chi connectivity index (χ1v) is 5.99. The third kappa shape index (κ3) is 6.13. The second-order valence-corrected chi connectivity index (χ2v) is 4.08. The quantitative estimate of drug-likeness (QED) is 0.745. The Hall–Kier alpha value is -1.72. The van der Waals surface area contributed by atoms with Crippen molar-refractivity contribution in [1.82, 2.24) is 4.90 Å². The van der Waals surface area contributed by atoms with Crippen molar-refractivity contribution >= 4 is 12.0 Å². The molecule has 1 amide bonds. The van der Waals surface area contributed by atoms with E-state index >= 15 is 0 Å². The lowest BCUT2D eigenvalue weighted by atomic mass is 10.3. The Morgan fingerprint density at radius 2 is 2.21 bits per heavy atom. The number of furan rings is 1. The van der Waals surface area contributed by atoms with Crippen molar-refractivity contribution in [1.29, 1.82) is 0 Å². The molecule has 3 nitrogen and oxygen atoms in total. The van der Waals surface area contributed by atoms with Crippen LogP contribution >= 0.6 is 0 Å². The first-order chi connectivity index (χ1) is 8.92. The predicted octanol–water partition coefficient (Wildman–Crippen LogP) is 3.48. The van der Waals surface area contributed by atoms with E-state index in [0.29, 0.717) is 12.2 Å². The van der Waals surface area contributed by atoms with Gasteiger partial charge in [-0.15, -0.1) is 0 Å². The van der Waals surface area contributed by atoms with Crippen LogP contribution in [0.5, 0.6) is 0 Å². The van der Waals surface area contributed by atoms with Crippen LogP contribution in [0.1, 0.15) is 25.5 Å². The van der Waals surface area contributed by atoms with Crippen LogP contribution in [-0.4, -0.2) is 30.1 Å². The number of amides is 1. The smallest absolute Gasteiger partial charge is 0.406 e. The lowest BCUT2D eigenvalue weighted by molar-refractivity contribution is -0.158. The van der Waals surface area contributed by atoms with E-state index in [1.807, 2.05) is 6.92 Å². The molecule has 106 valence electrons. The van der Waals surface area contributed by atoms with Crippen LogP contribution in [0.3, 0.4) is 0 Å². The van der Waals surface area contributed by atoms with E-state index < -0.39 is 18.6 Å². The van der Waals surface area contributed by atoms with Crippen molar-refractivity contribution in [2.75, 3.05) is 13.1 Å². The van der Waals surface area contributed by atoms with E-state index in [0.717, 1.165) is 17.4 Å². The molecule has 1 aromatic rings. The number of rotatable bonds is 6. The van der Waals surface area contributed by atoms with Crippen LogP contribution in [0.2, 0.25) is 0 Å².